The van der Waals surface area contributed by atoms with Crippen molar-refractivity contribution in [2.24, 2.45) is 0 Å². The molecule has 0 amide bonds. The summed E-state index contributed by atoms with van der Waals surface area (Å²) in [6, 6.07) is 13.4. The van der Waals surface area contributed by atoms with E-state index in [1.165, 1.54) is 18.2 Å². The lowest BCUT2D eigenvalue weighted by Crippen LogP contribution is -2.01. The second kappa shape index (κ2) is 6.48. The Morgan fingerprint density at radius 3 is 2.55 bits per heavy atom. The SMILES string of the molecule is CC(=CC(=O)c1ccccc1)Nc1ccc(F)cc1Br. The molecule has 102 valence electrons. The number of anilines is 1. The van der Waals surface area contributed by atoms with Crippen LogP contribution >= 0.6 is 15.9 Å². The van der Waals surface area contributed by atoms with Gasteiger partial charge in [-0.1, -0.05) is 30.3 Å². The fourth-order valence-electron chi connectivity index (χ4n) is 1.72. The predicted molar refractivity (Wildman–Crippen MR) is 82.3 cm³/mol. The Hall–Kier alpha value is -1.94. The molecule has 0 aliphatic rings. The molecule has 0 radical (unpaired) electrons. The van der Waals surface area contributed by atoms with Gasteiger partial charge >= 0.3 is 0 Å². The summed E-state index contributed by atoms with van der Waals surface area (Å²) in [6.07, 6.45) is 1.52. The number of ketones is 1. The molecule has 2 nitrogen and oxygen atoms in total. The number of hydrogen-bond acceptors (Lipinski definition) is 2. The fourth-order valence-corrected chi connectivity index (χ4v) is 2.17. The molecule has 0 bridgehead atoms. The highest BCUT2D eigenvalue weighted by Crippen LogP contribution is 2.24. The molecule has 0 saturated heterocycles. The maximum atomic E-state index is 13.0. The minimum absolute atomic E-state index is 0.0752. The Balaban J connectivity index is 2.13. The molecule has 2 aromatic rings. The molecule has 2 aromatic carbocycles. The molecule has 0 atom stereocenters. The van der Waals surface area contributed by atoms with Crippen LogP contribution in [-0.4, -0.2) is 5.78 Å². The van der Waals surface area contributed by atoms with E-state index in [1.54, 1.807) is 25.1 Å². The zero-order valence-corrected chi connectivity index (χ0v) is 12.4. The van der Waals surface area contributed by atoms with Crippen molar-refractivity contribution >= 4 is 27.4 Å². The average molecular weight is 334 g/mol. The monoisotopic (exact) mass is 333 g/mol. The van der Waals surface area contributed by atoms with Gasteiger partial charge in [0, 0.05) is 21.8 Å². The largest absolute Gasteiger partial charge is 0.358 e. The van der Waals surface area contributed by atoms with E-state index in [2.05, 4.69) is 21.2 Å². The van der Waals surface area contributed by atoms with Crippen LogP contribution in [-0.2, 0) is 0 Å². The number of halogens is 2. The van der Waals surface area contributed by atoms with Crippen molar-refractivity contribution in [2.45, 2.75) is 6.92 Å². The Labute approximate surface area is 125 Å². The highest BCUT2D eigenvalue weighted by Gasteiger charge is 2.04. The Morgan fingerprint density at radius 1 is 1.20 bits per heavy atom. The van der Waals surface area contributed by atoms with E-state index in [4.69, 9.17) is 0 Å². The number of carbonyl (C=O) groups excluding carboxylic acids is 1. The van der Waals surface area contributed by atoms with Crippen LogP contribution in [0.4, 0.5) is 10.1 Å². The molecular formula is C16H13BrFNO. The van der Waals surface area contributed by atoms with E-state index in [-0.39, 0.29) is 11.6 Å². The maximum Gasteiger partial charge on any atom is 0.187 e. The summed E-state index contributed by atoms with van der Waals surface area (Å²) >= 11 is 3.27. The van der Waals surface area contributed by atoms with Crippen LogP contribution in [0, 0.1) is 5.82 Å². The van der Waals surface area contributed by atoms with E-state index in [0.29, 0.717) is 21.4 Å². The van der Waals surface area contributed by atoms with Gasteiger partial charge in [0.15, 0.2) is 5.78 Å². The first kappa shape index (κ1) is 14.5. The van der Waals surface area contributed by atoms with Crippen LogP contribution in [0.15, 0.2) is 64.8 Å². The molecular weight excluding hydrogens is 321 g/mol. The van der Waals surface area contributed by atoms with Gasteiger partial charge in [0.05, 0.1) is 5.69 Å². The molecule has 20 heavy (non-hydrogen) atoms. The van der Waals surface area contributed by atoms with Gasteiger partial charge in [-0.15, -0.1) is 0 Å². The lowest BCUT2D eigenvalue weighted by atomic mass is 10.1. The fraction of sp³-hybridized carbons (Fsp3) is 0.0625. The van der Waals surface area contributed by atoms with Gasteiger partial charge in [-0.3, -0.25) is 4.79 Å². The molecule has 0 aromatic heterocycles. The van der Waals surface area contributed by atoms with E-state index < -0.39 is 0 Å². The number of allylic oxidation sites excluding steroid dienone is 2. The number of benzene rings is 2. The summed E-state index contributed by atoms with van der Waals surface area (Å²) in [6.45, 7) is 1.79. The first-order valence-electron chi connectivity index (χ1n) is 6.06. The van der Waals surface area contributed by atoms with Gasteiger partial charge in [0.25, 0.3) is 0 Å². The molecule has 0 heterocycles. The van der Waals surface area contributed by atoms with Crippen molar-refractivity contribution in [3.8, 4) is 0 Å². The van der Waals surface area contributed by atoms with Crippen molar-refractivity contribution in [1.29, 1.82) is 0 Å². The second-order valence-electron chi connectivity index (χ2n) is 4.31. The molecule has 0 unspecified atom stereocenters. The molecule has 0 fully saturated rings. The van der Waals surface area contributed by atoms with Crippen LogP contribution < -0.4 is 5.32 Å². The van der Waals surface area contributed by atoms with E-state index in [1.807, 2.05) is 18.2 Å². The van der Waals surface area contributed by atoms with Crippen LogP contribution in [0.25, 0.3) is 0 Å². The molecule has 0 aliphatic heterocycles. The summed E-state index contributed by atoms with van der Waals surface area (Å²) in [7, 11) is 0. The summed E-state index contributed by atoms with van der Waals surface area (Å²) in [5.41, 5.74) is 2.03. The summed E-state index contributed by atoms with van der Waals surface area (Å²) in [5.74, 6) is -0.391. The lowest BCUT2D eigenvalue weighted by molar-refractivity contribution is 0.104. The van der Waals surface area contributed by atoms with Crippen molar-refractivity contribution in [1.82, 2.24) is 0 Å². The quantitative estimate of drug-likeness (QED) is 0.644. The molecule has 0 saturated carbocycles. The number of carbonyl (C=O) groups is 1. The third-order valence-electron chi connectivity index (χ3n) is 2.67. The standard InChI is InChI=1S/C16H13BrFNO/c1-11(9-16(20)12-5-3-2-4-6-12)19-15-8-7-13(18)10-14(15)17/h2-10,19H,1H3. The molecule has 0 spiro atoms. The molecule has 4 heteroatoms. The van der Waals surface area contributed by atoms with Gasteiger partial charge in [0.1, 0.15) is 5.82 Å². The minimum atomic E-state index is -0.315. The van der Waals surface area contributed by atoms with Crippen LogP contribution in [0.5, 0.6) is 0 Å². The number of rotatable bonds is 4. The van der Waals surface area contributed by atoms with Gasteiger partial charge in [-0.25, -0.2) is 4.39 Å². The van der Waals surface area contributed by atoms with Gasteiger partial charge < -0.3 is 5.32 Å². The van der Waals surface area contributed by atoms with Crippen LogP contribution in [0.2, 0.25) is 0 Å². The van der Waals surface area contributed by atoms with E-state index in [0.717, 1.165) is 0 Å². The van der Waals surface area contributed by atoms with Crippen LogP contribution in [0.3, 0.4) is 0 Å². The third kappa shape index (κ3) is 3.78. The highest BCUT2D eigenvalue weighted by molar-refractivity contribution is 9.10. The maximum absolute atomic E-state index is 13.0. The zero-order valence-electron chi connectivity index (χ0n) is 10.9. The lowest BCUT2D eigenvalue weighted by Gasteiger charge is -2.08. The molecule has 0 aliphatic carbocycles. The zero-order chi connectivity index (χ0) is 14.5. The van der Waals surface area contributed by atoms with Gasteiger partial charge in [-0.05, 0) is 41.1 Å². The normalized spacial score (nSPS) is 11.2. The third-order valence-corrected chi connectivity index (χ3v) is 3.32. The number of nitrogens with one attached hydrogen (secondary N) is 1. The topological polar surface area (TPSA) is 29.1 Å². The summed E-state index contributed by atoms with van der Waals surface area (Å²) in [5, 5.41) is 3.06. The van der Waals surface area contributed by atoms with Crippen molar-refractivity contribution in [2.75, 3.05) is 5.32 Å². The minimum Gasteiger partial charge on any atom is -0.358 e. The first-order valence-corrected chi connectivity index (χ1v) is 6.85. The molecule has 1 N–H and O–H groups in total. The summed E-state index contributed by atoms with van der Waals surface area (Å²) < 4.78 is 13.6. The van der Waals surface area contributed by atoms with Gasteiger partial charge in [-0.2, -0.15) is 0 Å². The van der Waals surface area contributed by atoms with E-state index >= 15 is 0 Å². The second-order valence-corrected chi connectivity index (χ2v) is 5.16. The summed E-state index contributed by atoms with van der Waals surface area (Å²) in [4.78, 5) is 12.0. The Bertz CT molecular complexity index is 653. The van der Waals surface area contributed by atoms with Gasteiger partial charge in [0.2, 0.25) is 0 Å². The van der Waals surface area contributed by atoms with Crippen LogP contribution in [0.1, 0.15) is 17.3 Å². The Kier molecular flexibility index (Phi) is 4.69. The average Bonchev–Trinajstić information content (AvgIpc) is 2.43. The van der Waals surface area contributed by atoms with Crippen molar-refractivity contribution < 1.29 is 9.18 Å². The predicted octanol–water partition coefficient (Wildman–Crippen LogP) is 4.79. The first-order chi connectivity index (χ1) is 9.56. The van der Waals surface area contributed by atoms with Crippen molar-refractivity contribution in [3.05, 3.63) is 76.2 Å². The van der Waals surface area contributed by atoms with E-state index in [9.17, 15) is 9.18 Å². The van der Waals surface area contributed by atoms with Crippen molar-refractivity contribution in [3.63, 3.8) is 0 Å². The Morgan fingerprint density at radius 2 is 1.90 bits per heavy atom. The molecule has 2 rings (SSSR count). The number of hydrogen-bond donors (Lipinski definition) is 1. The smallest absolute Gasteiger partial charge is 0.187 e. The highest BCUT2D eigenvalue weighted by atomic mass is 79.9.